The van der Waals surface area contributed by atoms with Crippen LogP contribution in [0.15, 0.2) is 36.7 Å². The lowest BCUT2D eigenvalue weighted by molar-refractivity contribution is 0.0585. The van der Waals surface area contributed by atoms with Crippen LogP contribution >= 0.6 is 0 Å². The van der Waals surface area contributed by atoms with Gasteiger partial charge in [0.25, 0.3) is 5.91 Å². The number of rotatable bonds is 4. The Labute approximate surface area is 141 Å². The van der Waals surface area contributed by atoms with Gasteiger partial charge in [0.15, 0.2) is 11.5 Å². The molecule has 0 N–H and O–H groups in total. The molecule has 6 heteroatoms. The van der Waals surface area contributed by atoms with Crippen molar-refractivity contribution in [3.63, 3.8) is 0 Å². The van der Waals surface area contributed by atoms with Crippen LogP contribution in [0.1, 0.15) is 29.0 Å². The van der Waals surface area contributed by atoms with E-state index in [4.69, 9.17) is 9.47 Å². The highest BCUT2D eigenvalue weighted by atomic mass is 16.5. The number of para-hydroxylation sites is 2. The molecule has 1 saturated heterocycles. The largest absolute Gasteiger partial charge is 0.493 e. The third-order valence-electron chi connectivity index (χ3n) is 4.09. The van der Waals surface area contributed by atoms with Gasteiger partial charge in [0.05, 0.1) is 19.0 Å². The van der Waals surface area contributed by atoms with Gasteiger partial charge < -0.3 is 14.4 Å². The number of aryl methyl sites for hydroxylation is 1. The van der Waals surface area contributed by atoms with E-state index in [0.717, 1.165) is 30.0 Å². The summed E-state index contributed by atoms with van der Waals surface area (Å²) in [6.07, 6.45) is 4.79. The minimum absolute atomic E-state index is 0.0711. The van der Waals surface area contributed by atoms with E-state index in [1.807, 2.05) is 31.2 Å². The first-order chi connectivity index (χ1) is 11.7. The van der Waals surface area contributed by atoms with Gasteiger partial charge in [0.1, 0.15) is 11.8 Å². The first kappa shape index (κ1) is 16.2. The lowest BCUT2D eigenvalue weighted by atomic mass is 10.1. The molecule has 3 rings (SSSR count). The van der Waals surface area contributed by atoms with Gasteiger partial charge in [0, 0.05) is 32.1 Å². The van der Waals surface area contributed by atoms with Crippen molar-refractivity contribution in [2.24, 2.45) is 0 Å². The van der Waals surface area contributed by atoms with E-state index < -0.39 is 0 Å². The van der Waals surface area contributed by atoms with Crippen LogP contribution in [0.2, 0.25) is 0 Å². The molecule has 1 amide bonds. The minimum atomic E-state index is -0.0711. The highest BCUT2D eigenvalue weighted by Crippen LogP contribution is 2.29. The van der Waals surface area contributed by atoms with Crippen LogP contribution in [-0.2, 0) is 0 Å². The number of likely N-dealkylation sites (tertiary alicyclic amines) is 1. The van der Waals surface area contributed by atoms with Crippen LogP contribution in [0.3, 0.4) is 0 Å². The summed E-state index contributed by atoms with van der Waals surface area (Å²) in [5.41, 5.74) is 1.19. The molecule has 1 aliphatic heterocycles. The average Bonchev–Trinajstić information content (AvgIpc) is 2.63. The fraction of sp³-hybridized carbons (Fsp3) is 0.389. The Morgan fingerprint density at radius 1 is 1.12 bits per heavy atom. The number of ether oxygens (including phenoxy) is 2. The topological polar surface area (TPSA) is 64.6 Å². The molecular weight excluding hydrogens is 306 g/mol. The van der Waals surface area contributed by atoms with Crippen molar-refractivity contribution in [3.05, 3.63) is 48.0 Å². The number of nitrogens with zero attached hydrogens (tertiary/aromatic N) is 3. The summed E-state index contributed by atoms with van der Waals surface area (Å²) in [6, 6.07) is 7.62. The maximum absolute atomic E-state index is 12.4. The minimum Gasteiger partial charge on any atom is -0.493 e. The molecule has 1 aliphatic rings. The maximum atomic E-state index is 12.4. The van der Waals surface area contributed by atoms with Gasteiger partial charge in [-0.1, -0.05) is 12.1 Å². The number of hydrogen-bond donors (Lipinski definition) is 0. The van der Waals surface area contributed by atoms with Crippen LogP contribution in [0, 0.1) is 6.92 Å². The number of piperidine rings is 1. The summed E-state index contributed by atoms with van der Waals surface area (Å²) in [5, 5.41) is 0. The smallest absolute Gasteiger partial charge is 0.274 e. The molecule has 2 aromatic rings. The van der Waals surface area contributed by atoms with Crippen LogP contribution in [0.25, 0.3) is 0 Å². The van der Waals surface area contributed by atoms with E-state index in [9.17, 15) is 4.79 Å². The third kappa shape index (κ3) is 3.64. The van der Waals surface area contributed by atoms with Gasteiger partial charge >= 0.3 is 0 Å². The van der Waals surface area contributed by atoms with Crippen molar-refractivity contribution in [2.75, 3.05) is 20.2 Å². The number of carbonyl (C=O) groups is 1. The molecule has 0 radical (unpaired) electrons. The predicted octanol–water partition coefficient (Wildman–Crippen LogP) is 2.48. The number of aromatic nitrogens is 2. The van der Waals surface area contributed by atoms with Crippen LogP contribution in [0.4, 0.5) is 0 Å². The molecule has 1 fully saturated rings. The molecule has 126 valence electrons. The van der Waals surface area contributed by atoms with E-state index in [1.54, 1.807) is 18.2 Å². The number of amides is 1. The van der Waals surface area contributed by atoms with Crippen LogP contribution in [-0.4, -0.2) is 47.1 Å². The van der Waals surface area contributed by atoms with Crippen molar-refractivity contribution in [3.8, 4) is 11.5 Å². The molecule has 0 atom stereocenters. The van der Waals surface area contributed by atoms with E-state index in [0.29, 0.717) is 18.8 Å². The second-order valence-electron chi connectivity index (χ2n) is 5.80. The Bertz CT molecular complexity index is 695. The summed E-state index contributed by atoms with van der Waals surface area (Å²) >= 11 is 0. The van der Waals surface area contributed by atoms with E-state index in [1.165, 1.54) is 6.20 Å². The zero-order chi connectivity index (χ0) is 16.9. The first-order valence-corrected chi connectivity index (χ1v) is 8.05. The third-order valence-corrected chi connectivity index (χ3v) is 4.09. The highest BCUT2D eigenvalue weighted by molar-refractivity contribution is 5.92. The van der Waals surface area contributed by atoms with Crippen LogP contribution in [0.5, 0.6) is 11.5 Å². The molecule has 6 nitrogen and oxygen atoms in total. The number of carbonyl (C=O) groups excluding carboxylic acids is 1. The Morgan fingerprint density at radius 2 is 1.83 bits per heavy atom. The second kappa shape index (κ2) is 7.29. The zero-order valence-corrected chi connectivity index (χ0v) is 13.9. The van der Waals surface area contributed by atoms with Gasteiger partial charge in [-0.3, -0.25) is 9.78 Å². The summed E-state index contributed by atoms with van der Waals surface area (Å²) in [5.74, 6) is 1.40. The van der Waals surface area contributed by atoms with Gasteiger partial charge in [-0.15, -0.1) is 0 Å². The van der Waals surface area contributed by atoms with Crippen molar-refractivity contribution >= 4 is 5.91 Å². The number of hydrogen-bond acceptors (Lipinski definition) is 5. The second-order valence-corrected chi connectivity index (χ2v) is 5.80. The van der Waals surface area contributed by atoms with Crippen LogP contribution < -0.4 is 9.47 Å². The van der Waals surface area contributed by atoms with Gasteiger partial charge in [-0.05, 0) is 19.1 Å². The zero-order valence-electron chi connectivity index (χ0n) is 13.9. The Hall–Kier alpha value is -2.63. The lowest BCUT2D eigenvalue weighted by Crippen LogP contribution is -2.42. The van der Waals surface area contributed by atoms with Crippen molar-refractivity contribution < 1.29 is 14.3 Å². The average molecular weight is 327 g/mol. The molecule has 0 bridgehead atoms. The molecule has 0 aliphatic carbocycles. The van der Waals surface area contributed by atoms with Crippen molar-refractivity contribution in [2.45, 2.75) is 25.9 Å². The maximum Gasteiger partial charge on any atom is 0.274 e. The van der Waals surface area contributed by atoms with Gasteiger partial charge in [-0.25, -0.2) is 4.98 Å². The monoisotopic (exact) mass is 327 g/mol. The number of benzene rings is 1. The molecule has 1 aromatic heterocycles. The standard InChI is InChI=1S/C18H21N3O3/c1-13-11-20-15(12-19-13)18(22)21-9-7-14(8-10-21)24-17-6-4-3-5-16(17)23-2/h3-6,11-12,14H,7-10H2,1-2H3. The van der Waals surface area contributed by atoms with Crippen molar-refractivity contribution in [1.29, 1.82) is 0 Å². The molecule has 0 spiro atoms. The summed E-state index contributed by atoms with van der Waals surface area (Å²) in [4.78, 5) is 22.5. The Balaban J connectivity index is 1.57. The predicted molar refractivity (Wildman–Crippen MR) is 89.3 cm³/mol. The Morgan fingerprint density at radius 3 is 2.46 bits per heavy atom. The first-order valence-electron chi connectivity index (χ1n) is 8.05. The lowest BCUT2D eigenvalue weighted by Gasteiger charge is -2.32. The Kier molecular flexibility index (Phi) is 4.93. The molecule has 1 aromatic carbocycles. The fourth-order valence-electron chi connectivity index (χ4n) is 2.74. The van der Waals surface area contributed by atoms with Gasteiger partial charge in [-0.2, -0.15) is 0 Å². The van der Waals surface area contributed by atoms with E-state index in [2.05, 4.69) is 9.97 Å². The summed E-state index contributed by atoms with van der Waals surface area (Å²) in [7, 11) is 1.63. The van der Waals surface area contributed by atoms with Crippen molar-refractivity contribution in [1.82, 2.24) is 14.9 Å². The number of methoxy groups -OCH3 is 1. The fourth-order valence-corrected chi connectivity index (χ4v) is 2.74. The van der Waals surface area contributed by atoms with E-state index >= 15 is 0 Å². The van der Waals surface area contributed by atoms with E-state index in [-0.39, 0.29) is 12.0 Å². The molecule has 0 unspecified atom stereocenters. The quantitative estimate of drug-likeness (QED) is 0.863. The normalized spacial score (nSPS) is 15.2. The molecule has 2 heterocycles. The molecule has 24 heavy (non-hydrogen) atoms. The molecular formula is C18H21N3O3. The van der Waals surface area contributed by atoms with Gasteiger partial charge in [0.2, 0.25) is 0 Å². The highest BCUT2D eigenvalue weighted by Gasteiger charge is 2.26. The molecule has 0 saturated carbocycles. The summed E-state index contributed by atoms with van der Waals surface area (Å²) < 4.78 is 11.3. The SMILES string of the molecule is COc1ccccc1OC1CCN(C(=O)c2cnc(C)cn2)CC1. The summed E-state index contributed by atoms with van der Waals surface area (Å²) in [6.45, 7) is 3.14.